The average Bonchev–Trinajstić information content (AvgIpc) is 3.38. The largest absolute Gasteiger partial charge is 0.373 e. The van der Waals surface area contributed by atoms with E-state index in [-0.39, 0.29) is 6.10 Å². The number of likely N-dealkylation sites (tertiary alicyclic amines) is 1. The van der Waals surface area contributed by atoms with Crippen LogP contribution in [0.4, 0.5) is 0 Å². The van der Waals surface area contributed by atoms with Crippen LogP contribution < -0.4 is 5.32 Å². The van der Waals surface area contributed by atoms with E-state index in [9.17, 15) is 0 Å². The molecular formula is C25H38N6O. The summed E-state index contributed by atoms with van der Waals surface area (Å²) in [6.07, 6.45) is 2.14. The van der Waals surface area contributed by atoms with Crippen LogP contribution in [0.25, 0.3) is 0 Å². The molecule has 0 saturated carbocycles. The van der Waals surface area contributed by atoms with E-state index in [2.05, 4.69) is 66.2 Å². The van der Waals surface area contributed by atoms with Crippen LogP contribution in [0.3, 0.4) is 0 Å². The Morgan fingerprint density at radius 3 is 2.69 bits per heavy atom. The lowest BCUT2D eigenvalue weighted by atomic mass is 10.1. The number of morpholine rings is 1. The molecule has 0 spiro atoms. The fraction of sp³-hybridized carbons (Fsp3) is 0.600. The normalized spacial score (nSPS) is 21.8. The molecule has 3 heterocycles. The molecule has 2 aliphatic heterocycles. The Morgan fingerprint density at radius 2 is 1.97 bits per heavy atom. The molecule has 7 nitrogen and oxygen atoms in total. The monoisotopic (exact) mass is 438 g/mol. The predicted octanol–water partition coefficient (Wildman–Crippen LogP) is 2.60. The molecule has 32 heavy (non-hydrogen) atoms. The fourth-order valence-electron chi connectivity index (χ4n) is 5.10. The van der Waals surface area contributed by atoms with Gasteiger partial charge in [0, 0.05) is 51.0 Å². The van der Waals surface area contributed by atoms with Crippen molar-refractivity contribution in [2.75, 3.05) is 32.8 Å². The highest BCUT2D eigenvalue weighted by molar-refractivity contribution is 5.80. The Labute approximate surface area is 192 Å². The van der Waals surface area contributed by atoms with Crippen molar-refractivity contribution in [1.29, 1.82) is 0 Å². The first-order valence-electron chi connectivity index (χ1n) is 12.1. The predicted molar refractivity (Wildman–Crippen MR) is 129 cm³/mol. The molecule has 4 rings (SSSR count). The highest BCUT2D eigenvalue weighted by Crippen LogP contribution is 2.25. The Bertz CT molecular complexity index is 909. The third-order valence-corrected chi connectivity index (χ3v) is 6.69. The first-order chi connectivity index (χ1) is 15.6. The number of nitrogens with zero attached hydrogens (tertiary/aromatic N) is 5. The Balaban J connectivity index is 1.50. The molecule has 2 aromatic rings. The molecular weight excluding hydrogens is 400 g/mol. The van der Waals surface area contributed by atoms with Gasteiger partial charge < -0.3 is 15.0 Å². The molecule has 2 saturated heterocycles. The van der Waals surface area contributed by atoms with Gasteiger partial charge >= 0.3 is 0 Å². The summed E-state index contributed by atoms with van der Waals surface area (Å²) in [7, 11) is 2.04. The molecule has 2 unspecified atom stereocenters. The second kappa shape index (κ2) is 10.5. The molecule has 0 radical (unpaired) electrons. The number of ether oxygens (including phenoxy) is 1. The van der Waals surface area contributed by atoms with Gasteiger partial charge in [-0.05, 0) is 25.3 Å². The minimum absolute atomic E-state index is 0.229. The molecule has 174 valence electrons. The van der Waals surface area contributed by atoms with E-state index in [1.165, 1.54) is 16.8 Å². The van der Waals surface area contributed by atoms with E-state index in [0.29, 0.717) is 12.6 Å². The quantitative estimate of drug-likeness (QED) is 0.532. The van der Waals surface area contributed by atoms with Gasteiger partial charge in [0.05, 0.1) is 31.0 Å². The van der Waals surface area contributed by atoms with E-state index in [1.54, 1.807) is 0 Å². The summed E-state index contributed by atoms with van der Waals surface area (Å²) in [5.74, 6) is 0.984. The number of aliphatic imine (C=N–C) groups is 1. The highest BCUT2D eigenvalue weighted by atomic mass is 16.5. The molecule has 0 bridgehead atoms. The zero-order chi connectivity index (χ0) is 22.5. The maximum Gasteiger partial charge on any atom is 0.194 e. The topological polar surface area (TPSA) is 57.9 Å². The van der Waals surface area contributed by atoms with Crippen LogP contribution >= 0.6 is 0 Å². The van der Waals surface area contributed by atoms with Crippen LogP contribution in [0, 0.1) is 0 Å². The van der Waals surface area contributed by atoms with Gasteiger partial charge in [-0.15, -0.1) is 0 Å². The maximum atomic E-state index is 6.19. The lowest BCUT2D eigenvalue weighted by Crippen LogP contribution is -2.50. The Morgan fingerprint density at radius 1 is 1.16 bits per heavy atom. The maximum absolute atomic E-state index is 6.19. The second-order valence-corrected chi connectivity index (χ2v) is 8.71. The average molecular weight is 439 g/mol. The number of rotatable bonds is 7. The summed E-state index contributed by atoms with van der Waals surface area (Å²) < 4.78 is 8.21. The van der Waals surface area contributed by atoms with E-state index < -0.39 is 0 Å². The first-order valence-corrected chi connectivity index (χ1v) is 12.1. The molecule has 1 aromatic heterocycles. The number of nitrogens with one attached hydrogen (secondary N) is 1. The van der Waals surface area contributed by atoms with E-state index >= 15 is 0 Å². The number of hydrogen-bond donors (Lipinski definition) is 1. The van der Waals surface area contributed by atoms with Crippen molar-refractivity contribution >= 4 is 5.96 Å². The smallest absolute Gasteiger partial charge is 0.194 e. The third kappa shape index (κ3) is 4.84. The van der Waals surface area contributed by atoms with Crippen molar-refractivity contribution in [3.05, 3.63) is 52.8 Å². The lowest BCUT2D eigenvalue weighted by molar-refractivity contribution is -0.0502. The molecule has 2 fully saturated rings. The van der Waals surface area contributed by atoms with Crippen LogP contribution in [0.2, 0.25) is 0 Å². The molecule has 0 amide bonds. The van der Waals surface area contributed by atoms with E-state index in [4.69, 9.17) is 14.8 Å². The van der Waals surface area contributed by atoms with E-state index in [0.717, 1.165) is 63.8 Å². The lowest BCUT2D eigenvalue weighted by Gasteiger charge is -2.36. The van der Waals surface area contributed by atoms with Gasteiger partial charge in [0.2, 0.25) is 0 Å². The Kier molecular flexibility index (Phi) is 7.48. The number of benzene rings is 1. The number of fused-ring (bicyclic) bond motifs is 1. The number of aromatic nitrogens is 2. The molecule has 2 aliphatic rings. The van der Waals surface area contributed by atoms with Gasteiger partial charge in [-0.3, -0.25) is 9.58 Å². The van der Waals surface area contributed by atoms with Crippen LogP contribution in [-0.4, -0.2) is 70.5 Å². The zero-order valence-corrected chi connectivity index (χ0v) is 20.0. The highest BCUT2D eigenvalue weighted by Gasteiger charge is 2.41. The molecule has 0 aliphatic carbocycles. The summed E-state index contributed by atoms with van der Waals surface area (Å²) in [5, 5.41) is 8.24. The minimum Gasteiger partial charge on any atom is -0.373 e. The minimum atomic E-state index is 0.229. The van der Waals surface area contributed by atoms with Crippen molar-refractivity contribution < 1.29 is 4.74 Å². The van der Waals surface area contributed by atoms with Gasteiger partial charge in [0.1, 0.15) is 0 Å². The summed E-state index contributed by atoms with van der Waals surface area (Å²) in [5.41, 5.74) is 5.10. The van der Waals surface area contributed by atoms with Crippen LogP contribution in [0.15, 0.2) is 35.3 Å². The molecule has 1 aromatic carbocycles. The number of aryl methyl sites for hydroxylation is 2. The summed E-state index contributed by atoms with van der Waals surface area (Å²) in [4.78, 5) is 10.0. The second-order valence-electron chi connectivity index (χ2n) is 8.71. The standard InChI is InChI=1S/C25H38N6O/c1-5-21-20(22(6-2)29(4)28-21)15-27-25(26-7-3)31-17-23-24(18-31)32-14-13-30(23)16-19-11-9-8-10-12-19/h8-12,23-24H,5-7,13-18H2,1-4H3,(H,26,27). The summed E-state index contributed by atoms with van der Waals surface area (Å²) >= 11 is 0. The molecule has 2 atom stereocenters. The van der Waals surface area contributed by atoms with Crippen molar-refractivity contribution in [1.82, 2.24) is 24.9 Å². The van der Waals surface area contributed by atoms with Gasteiger partial charge in [0.15, 0.2) is 5.96 Å². The van der Waals surface area contributed by atoms with Crippen molar-refractivity contribution in [3.8, 4) is 0 Å². The van der Waals surface area contributed by atoms with Crippen LogP contribution in [-0.2, 0) is 37.7 Å². The number of hydrogen-bond acceptors (Lipinski definition) is 4. The van der Waals surface area contributed by atoms with Crippen molar-refractivity contribution in [2.45, 2.75) is 58.8 Å². The van der Waals surface area contributed by atoms with Crippen LogP contribution in [0.1, 0.15) is 43.3 Å². The van der Waals surface area contributed by atoms with Crippen molar-refractivity contribution in [2.24, 2.45) is 12.0 Å². The van der Waals surface area contributed by atoms with Gasteiger partial charge in [-0.1, -0.05) is 44.2 Å². The summed E-state index contributed by atoms with van der Waals surface area (Å²) in [6.45, 7) is 12.6. The van der Waals surface area contributed by atoms with Gasteiger partial charge in [0.25, 0.3) is 0 Å². The number of guanidine groups is 1. The molecule has 7 heteroatoms. The van der Waals surface area contributed by atoms with E-state index in [1.807, 2.05) is 11.7 Å². The van der Waals surface area contributed by atoms with Crippen molar-refractivity contribution in [3.63, 3.8) is 0 Å². The third-order valence-electron chi connectivity index (χ3n) is 6.69. The zero-order valence-electron chi connectivity index (χ0n) is 20.0. The van der Waals surface area contributed by atoms with Gasteiger partial charge in [-0.25, -0.2) is 4.99 Å². The first kappa shape index (κ1) is 22.8. The van der Waals surface area contributed by atoms with Crippen LogP contribution in [0.5, 0.6) is 0 Å². The summed E-state index contributed by atoms with van der Waals surface area (Å²) in [6, 6.07) is 11.2. The SMILES string of the molecule is CCNC(=NCc1c(CC)nn(C)c1CC)N1CC2OCCN(Cc3ccccc3)C2C1. The Hall–Kier alpha value is -2.38. The molecule has 1 N–H and O–H groups in total. The van der Waals surface area contributed by atoms with Gasteiger partial charge in [-0.2, -0.15) is 5.10 Å². The fourth-order valence-corrected chi connectivity index (χ4v) is 5.10.